The second-order valence-corrected chi connectivity index (χ2v) is 8.02. The number of halogens is 1. The minimum Gasteiger partial charge on any atom is -0.493 e. The number of para-hydroxylation sites is 1. The van der Waals surface area contributed by atoms with Gasteiger partial charge in [0.05, 0.1) is 6.61 Å². The number of hydrogen-bond acceptors (Lipinski definition) is 4. The van der Waals surface area contributed by atoms with Gasteiger partial charge in [0.1, 0.15) is 12.3 Å². The molecule has 29 heavy (non-hydrogen) atoms. The van der Waals surface area contributed by atoms with Crippen LogP contribution in [-0.2, 0) is 21.7 Å². The van der Waals surface area contributed by atoms with E-state index in [2.05, 4.69) is 21.2 Å². The lowest BCUT2D eigenvalue weighted by Gasteiger charge is -2.33. The van der Waals surface area contributed by atoms with Gasteiger partial charge in [-0.15, -0.1) is 0 Å². The van der Waals surface area contributed by atoms with Crippen molar-refractivity contribution in [1.29, 1.82) is 0 Å². The number of benzene rings is 2. The van der Waals surface area contributed by atoms with Crippen molar-refractivity contribution in [3.8, 4) is 5.75 Å². The Kier molecular flexibility index (Phi) is 5.04. The lowest BCUT2D eigenvalue weighted by atomic mass is 9.84. The lowest BCUT2D eigenvalue weighted by molar-refractivity contribution is -0.139. The molecular formula is C21H20BrN3O4. The fourth-order valence-electron chi connectivity index (χ4n) is 3.74. The molecule has 1 spiro atoms. The van der Waals surface area contributed by atoms with Crippen LogP contribution in [0.25, 0.3) is 0 Å². The van der Waals surface area contributed by atoms with E-state index in [-0.39, 0.29) is 12.5 Å². The van der Waals surface area contributed by atoms with E-state index in [1.807, 2.05) is 30.3 Å². The minimum atomic E-state index is -1.17. The maximum absolute atomic E-state index is 13.2. The zero-order chi connectivity index (χ0) is 20.6. The Bertz CT molecular complexity index is 995. The number of likely N-dealkylation sites (N-methyl/N-ethyl adjacent to an activating group) is 1. The van der Waals surface area contributed by atoms with E-state index in [4.69, 9.17) is 4.74 Å². The molecule has 7 nitrogen and oxygen atoms in total. The van der Waals surface area contributed by atoms with Crippen molar-refractivity contribution >= 4 is 33.8 Å². The first-order chi connectivity index (χ1) is 13.9. The van der Waals surface area contributed by atoms with Crippen LogP contribution in [0.15, 0.2) is 53.0 Å². The topological polar surface area (TPSA) is 79.0 Å². The van der Waals surface area contributed by atoms with Gasteiger partial charge in [-0.1, -0.05) is 52.3 Å². The van der Waals surface area contributed by atoms with Gasteiger partial charge in [0.15, 0.2) is 5.54 Å². The summed E-state index contributed by atoms with van der Waals surface area (Å²) in [5, 5.41) is 2.81. The lowest BCUT2D eigenvalue weighted by Crippen LogP contribution is -2.48. The van der Waals surface area contributed by atoms with Crippen molar-refractivity contribution in [1.82, 2.24) is 15.1 Å². The number of carbonyl (C=O) groups is 3. The number of imide groups is 1. The summed E-state index contributed by atoms with van der Waals surface area (Å²) in [5.41, 5.74) is 0.393. The SMILES string of the molecule is CN(Cc1ccccc1Br)C(=O)CN1C(=O)NC2(CCOc3ccccc32)C1=O. The molecule has 8 heteroatoms. The second kappa shape index (κ2) is 7.51. The highest BCUT2D eigenvalue weighted by molar-refractivity contribution is 9.10. The summed E-state index contributed by atoms with van der Waals surface area (Å²) in [6.45, 7) is 0.370. The van der Waals surface area contributed by atoms with Gasteiger partial charge < -0.3 is 15.0 Å². The molecule has 0 bridgehead atoms. The van der Waals surface area contributed by atoms with Crippen molar-refractivity contribution in [2.24, 2.45) is 0 Å². The molecule has 2 heterocycles. The average Bonchev–Trinajstić information content (AvgIpc) is 2.94. The summed E-state index contributed by atoms with van der Waals surface area (Å²) in [4.78, 5) is 41.1. The number of rotatable bonds is 4. The molecule has 0 aliphatic carbocycles. The Morgan fingerprint density at radius 1 is 1.21 bits per heavy atom. The normalized spacial score (nSPS) is 20.3. The predicted octanol–water partition coefficient (Wildman–Crippen LogP) is 2.64. The molecule has 2 aromatic rings. The number of ether oxygens (including phenoxy) is 1. The van der Waals surface area contributed by atoms with Gasteiger partial charge in [0.25, 0.3) is 5.91 Å². The van der Waals surface area contributed by atoms with E-state index in [1.54, 1.807) is 25.2 Å². The summed E-state index contributed by atoms with van der Waals surface area (Å²) >= 11 is 3.47. The highest BCUT2D eigenvalue weighted by Crippen LogP contribution is 2.40. The monoisotopic (exact) mass is 457 g/mol. The third kappa shape index (κ3) is 3.37. The Morgan fingerprint density at radius 3 is 2.72 bits per heavy atom. The maximum atomic E-state index is 13.2. The molecule has 4 amide bonds. The fraction of sp³-hybridized carbons (Fsp3) is 0.286. The van der Waals surface area contributed by atoms with Crippen molar-refractivity contribution in [2.75, 3.05) is 20.2 Å². The van der Waals surface area contributed by atoms with E-state index in [0.717, 1.165) is 14.9 Å². The van der Waals surface area contributed by atoms with E-state index >= 15 is 0 Å². The van der Waals surface area contributed by atoms with Gasteiger partial charge in [-0.05, 0) is 17.7 Å². The smallest absolute Gasteiger partial charge is 0.325 e. The number of urea groups is 1. The maximum Gasteiger partial charge on any atom is 0.325 e. The van der Waals surface area contributed by atoms with Crippen LogP contribution < -0.4 is 10.1 Å². The fourth-order valence-corrected chi connectivity index (χ4v) is 4.15. The molecule has 1 atom stereocenters. The average molecular weight is 458 g/mol. The summed E-state index contributed by atoms with van der Waals surface area (Å²) in [7, 11) is 1.65. The largest absolute Gasteiger partial charge is 0.493 e. The van der Waals surface area contributed by atoms with Gasteiger partial charge in [0, 0.05) is 30.0 Å². The molecule has 0 saturated carbocycles. The predicted molar refractivity (Wildman–Crippen MR) is 109 cm³/mol. The van der Waals surface area contributed by atoms with Gasteiger partial charge in [-0.2, -0.15) is 0 Å². The molecule has 150 valence electrons. The number of nitrogens with one attached hydrogen (secondary N) is 1. The molecule has 2 aliphatic heterocycles. The van der Waals surface area contributed by atoms with Gasteiger partial charge in [0.2, 0.25) is 5.91 Å². The van der Waals surface area contributed by atoms with Crippen molar-refractivity contribution < 1.29 is 19.1 Å². The van der Waals surface area contributed by atoms with Crippen LogP contribution in [0.2, 0.25) is 0 Å². The van der Waals surface area contributed by atoms with Crippen molar-refractivity contribution in [3.63, 3.8) is 0 Å². The standard InChI is InChI=1S/C21H20BrN3O4/c1-24(12-14-6-2-4-8-16(14)22)18(26)13-25-19(27)21(23-20(25)28)10-11-29-17-9-5-3-7-15(17)21/h2-9H,10-13H2,1H3,(H,23,28). The van der Waals surface area contributed by atoms with Crippen LogP contribution >= 0.6 is 15.9 Å². The molecule has 0 aromatic heterocycles. The first-order valence-corrected chi connectivity index (χ1v) is 10.1. The molecule has 2 aromatic carbocycles. The Morgan fingerprint density at radius 2 is 1.93 bits per heavy atom. The molecule has 1 N–H and O–H groups in total. The molecular weight excluding hydrogens is 438 g/mol. The molecule has 1 saturated heterocycles. The number of hydrogen-bond donors (Lipinski definition) is 1. The number of fused-ring (bicyclic) bond motifs is 2. The number of carbonyl (C=O) groups excluding carboxylic acids is 3. The second-order valence-electron chi connectivity index (χ2n) is 7.16. The van der Waals surface area contributed by atoms with Gasteiger partial charge in [-0.25, -0.2) is 4.79 Å². The van der Waals surface area contributed by atoms with E-state index < -0.39 is 17.5 Å². The number of nitrogens with zero attached hydrogens (tertiary/aromatic N) is 2. The van der Waals surface area contributed by atoms with Crippen LogP contribution in [0.4, 0.5) is 4.79 Å². The first-order valence-electron chi connectivity index (χ1n) is 9.26. The van der Waals surface area contributed by atoms with Gasteiger partial charge in [-0.3, -0.25) is 14.5 Å². The number of amides is 4. The van der Waals surface area contributed by atoms with Gasteiger partial charge >= 0.3 is 6.03 Å². The molecule has 0 radical (unpaired) electrons. The summed E-state index contributed by atoms with van der Waals surface area (Å²) in [5.74, 6) is -0.158. The van der Waals surface area contributed by atoms with Crippen LogP contribution in [0.5, 0.6) is 5.75 Å². The Labute approximate surface area is 176 Å². The van der Waals surface area contributed by atoms with E-state index in [0.29, 0.717) is 30.9 Å². The molecule has 1 fully saturated rings. The highest BCUT2D eigenvalue weighted by Gasteiger charge is 2.55. The highest BCUT2D eigenvalue weighted by atomic mass is 79.9. The van der Waals surface area contributed by atoms with Crippen LogP contribution in [0.1, 0.15) is 17.5 Å². The Balaban J connectivity index is 1.52. The molecule has 2 aliphatic rings. The molecule has 1 unspecified atom stereocenters. The van der Waals surface area contributed by atoms with Crippen LogP contribution in [0.3, 0.4) is 0 Å². The quantitative estimate of drug-likeness (QED) is 0.715. The third-order valence-electron chi connectivity index (χ3n) is 5.34. The van der Waals surface area contributed by atoms with E-state index in [1.165, 1.54) is 4.90 Å². The van der Waals surface area contributed by atoms with Crippen molar-refractivity contribution in [2.45, 2.75) is 18.5 Å². The van der Waals surface area contributed by atoms with E-state index in [9.17, 15) is 14.4 Å². The molecule has 4 rings (SSSR count). The zero-order valence-electron chi connectivity index (χ0n) is 15.9. The first kappa shape index (κ1) is 19.4. The summed E-state index contributed by atoms with van der Waals surface area (Å²) in [6, 6.07) is 14.2. The van der Waals surface area contributed by atoms with Crippen LogP contribution in [-0.4, -0.2) is 47.8 Å². The summed E-state index contributed by atoms with van der Waals surface area (Å²) in [6.07, 6.45) is 0.325. The zero-order valence-corrected chi connectivity index (χ0v) is 17.4. The van der Waals surface area contributed by atoms with Crippen molar-refractivity contribution in [3.05, 3.63) is 64.1 Å². The third-order valence-corrected chi connectivity index (χ3v) is 6.12. The minimum absolute atomic E-state index is 0.309. The van der Waals surface area contributed by atoms with Crippen LogP contribution in [0, 0.1) is 0 Å². The summed E-state index contributed by atoms with van der Waals surface area (Å²) < 4.78 is 6.52. The Hall–Kier alpha value is -2.87.